The van der Waals surface area contributed by atoms with Gasteiger partial charge in [-0.2, -0.15) is 5.10 Å². The Morgan fingerprint density at radius 1 is 1.29 bits per heavy atom. The number of nitrogens with zero attached hydrogens (tertiary/aromatic N) is 2. The third-order valence-electron chi connectivity index (χ3n) is 3.77. The molecule has 2 aliphatic heterocycles. The minimum Gasteiger partial charge on any atom is -0.476 e. The first-order valence-electron chi connectivity index (χ1n) is 6.97. The van der Waals surface area contributed by atoms with Gasteiger partial charge in [0.2, 0.25) is 5.88 Å². The predicted molar refractivity (Wildman–Crippen MR) is 73.8 cm³/mol. The molecular formula is C15H15N3O3. The maximum Gasteiger partial charge on any atom is 0.272 e. The van der Waals surface area contributed by atoms with E-state index in [2.05, 4.69) is 22.5 Å². The Kier molecular flexibility index (Phi) is 2.89. The average molecular weight is 285 g/mol. The van der Waals surface area contributed by atoms with E-state index < -0.39 is 0 Å². The normalized spacial score (nSPS) is 15.4. The number of rotatable bonds is 3. The molecule has 0 radical (unpaired) electrons. The molecule has 0 saturated heterocycles. The molecule has 4 rings (SSSR count). The first-order chi connectivity index (χ1) is 10.3. The molecule has 3 heterocycles. The first-order valence-corrected chi connectivity index (χ1v) is 6.97. The Hall–Kier alpha value is -2.34. The van der Waals surface area contributed by atoms with Crippen LogP contribution in [0.2, 0.25) is 0 Å². The minimum absolute atomic E-state index is 0.183. The average Bonchev–Trinajstić information content (AvgIpc) is 3.18. The van der Waals surface area contributed by atoms with Crippen molar-refractivity contribution in [3.63, 3.8) is 0 Å². The summed E-state index contributed by atoms with van der Waals surface area (Å²) in [7, 11) is 0. The smallest absolute Gasteiger partial charge is 0.272 e. The Labute approximate surface area is 121 Å². The molecular weight excluding hydrogens is 270 g/mol. The van der Waals surface area contributed by atoms with Crippen molar-refractivity contribution in [1.82, 2.24) is 15.1 Å². The summed E-state index contributed by atoms with van der Waals surface area (Å²) in [6.07, 6.45) is 0. The van der Waals surface area contributed by atoms with Gasteiger partial charge in [0.05, 0.1) is 19.8 Å². The highest BCUT2D eigenvalue weighted by Crippen LogP contribution is 2.21. The van der Waals surface area contributed by atoms with E-state index in [1.807, 2.05) is 6.07 Å². The van der Waals surface area contributed by atoms with Gasteiger partial charge < -0.3 is 14.8 Å². The van der Waals surface area contributed by atoms with Crippen LogP contribution in [0.3, 0.4) is 0 Å². The van der Waals surface area contributed by atoms with E-state index >= 15 is 0 Å². The second-order valence-corrected chi connectivity index (χ2v) is 5.22. The molecule has 0 atom stereocenters. The second-order valence-electron chi connectivity index (χ2n) is 5.22. The third-order valence-corrected chi connectivity index (χ3v) is 3.77. The number of carbonyl (C=O) groups excluding carboxylic acids is 1. The van der Waals surface area contributed by atoms with Crippen LogP contribution in [0.5, 0.6) is 5.88 Å². The van der Waals surface area contributed by atoms with Gasteiger partial charge in [0, 0.05) is 12.6 Å². The van der Waals surface area contributed by atoms with Crippen LogP contribution in [0.4, 0.5) is 0 Å². The number of carbonyl (C=O) groups is 1. The van der Waals surface area contributed by atoms with Crippen molar-refractivity contribution in [1.29, 1.82) is 0 Å². The van der Waals surface area contributed by atoms with Crippen LogP contribution in [0.15, 0.2) is 24.3 Å². The quantitative estimate of drug-likeness (QED) is 0.921. The van der Waals surface area contributed by atoms with Crippen LogP contribution in [0, 0.1) is 0 Å². The third kappa shape index (κ3) is 2.27. The van der Waals surface area contributed by atoms with Crippen molar-refractivity contribution in [2.24, 2.45) is 0 Å². The Balaban J connectivity index is 1.43. The summed E-state index contributed by atoms with van der Waals surface area (Å²) < 4.78 is 12.4. The van der Waals surface area contributed by atoms with Gasteiger partial charge in [0.25, 0.3) is 5.91 Å². The lowest BCUT2D eigenvalue weighted by molar-refractivity contribution is 0.0945. The molecule has 0 bridgehead atoms. The van der Waals surface area contributed by atoms with E-state index in [0.29, 0.717) is 44.5 Å². The summed E-state index contributed by atoms with van der Waals surface area (Å²) in [4.78, 5) is 12.1. The predicted octanol–water partition coefficient (Wildman–Crippen LogP) is 1.24. The number of nitrogens with one attached hydrogen (secondary N) is 1. The summed E-state index contributed by atoms with van der Waals surface area (Å²) in [5.41, 5.74) is 3.90. The maximum atomic E-state index is 12.1. The maximum absolute atomic E-state index is 12.1. The SMILES string of the molecule is O=C(NCc1ccc2c(c1)COC2)c1cc2n(n1)CCO2. The molecule has 1 aromatic heterocycles. The monoisotopic (exact) mass is 285 g/mol. The molecule has 6 nitrogen and oxygen atoms in total. The summed E-state index contributed by atoms with van der Waals surface area (Å²) >= 11 is 0. The zero-order chi connectivity index (χ0) is 14.2. The van der Waals surface area contributed by atoms with Crippen molar-refractivity contribution < 1.29 is 14.3 Å². The van der Waals surface area contributed by atoms with Gasteiger partial charge in [0.1, 0.15) is 6.61 Å². The number of aromatic nitrogens is 2. The van der Waals surface area contributed by atoms with Crippen LogP contribution < -0.4 is 10.1 Å². The molecule has 1 N–H and O–H groups in total. The fourth-order valence-corrected chi connectivity index (χ4v) is 2.63. The van der Waals surface area contributed by atoms with Crippen LogP contribution in [-0.4, -0.2) is 22.3 Å². The van der Waals surface area contributed by atoms with Crippen molar-refractivity contribution in [2.75, 3.05) is 6.61 Å². The first kappa shape index (κ1) is 12.4. The molecule has 21 heavy (non-hydrogen) atoms. The molecule has 0 unspecified atom stereocenters. The highest BCUT2D eigenvalue weighted by Gasteiger charge is 2.19. The highest BCUT2D eigenvalue weighted by molar-refractivity contribution is 5.92. The largest absolute Gasteiger partial charge is 0.476 e. The zero-order valence-electron chi connectivity index (χ0n) is 11.5. The second kappa shape index (κ2) is 4.89. The van der Waals surface area contributed by atoms with Crippen molar-refractivity contribution in [3.8, 4) is 5.88 Å². The zero-order valence-corrected chi connectivity index (χ0v) is 11.5. The fourth-order valence-electron chi connectivity index (χ4n) is 2.63. The minimum atomic E-state index is -0.183. The van der Waals surface area contributed by atoms with Gasteiger partial charge in [0.15, 0.2) is 5.69 Å². The van der Waals surface area contributed by atoms with E-state index in [1.54, 1.807) is 10.7 Å². The van der Waals surface area contributed by atoms with Gasteiger partial charge in [-0.3, -0.25) is 4.79 Å². The molecule has 6 heteroatoms. The van der Waals surface area contributed by atoms with Gasteiger partial charge in [-0.05, 0) is 16.7 Å². The molecule has 108 valence electrons. The molecule has 0 aliphatic carbocycles. The molecule has 2 aromatic rings. The standard InChI is InChI=1S/C15H15N3O3/c19-15(13-6-14-18(17-13)3-4-21-14)16-7-10-1-2-11-8-20-9-12(11)5-10/h1-2,5-6H,3-4,7-9H2,(H,16,19). The van der Waals surface area contributed by atoms with Gasteiger partial charge in [-0.15, -0.1) is 0 Å². The Morgan fingerprint density at radius 2 is 2.19 bits per heavy atom. The Bertz CT molecular complexity index is 687. The summed E-state index contributed by atoms with van der Waals surface area (Å²) in [6.45, 7) is 3.15. The van der Waals surface area contributed by atoms with Gasteiger partial charge >= 0.3 is 0 Å². The van der Waals surface area contributed by atoms with E-state index in [0.717, 1.165) is 5.56 Å². The van der Waals surface area contributed by atoms with E-state index in [-0.39, 0.29) is 5.91 Å². The summed E-state index contributed by atoms with van der Waals surface area (Å²) in [5.74, 6) is 0.479. The molecule has 1 aromatic carbocycles. The highest BCUT2D eigenvalue weighted by atomic mass is 16.5. The summed E-state index contributed by atoms with van der Waals surface area (Å²) in [6, 6.07) is 7.84. The van der Waals surface area contributed by atoms with Crippen LogP contribution in [0.1, 0.15) is 27.2 Å². The fraction of sp³-hybridized carbons (Fsp3) is 0.333. The molecule has 2 aliphatic rings. The Morgan fingerprint density at radius 3 is 3.10 bits per heavy atom. The number of ether oxygens (including phenoxy) is 2. The number of hydrogen-bond donors (Lipinski definition) is 1. The van der Waals surface area contributed by atoms with E-state index in [4.69, 9.17) is 9.47 Å². The molecule has 0 saturated carbocycles. The number of fused-ring (bicyclic) bond motifs is 2. The van der Waals surface area contributed by atoms with Crippen molar-refractivity contribution in [3.05, 3.63) is 46.6 Å². The van der Waals surface area contributed by atoms with Crippen LogP contribution >= 0.6 is 0 Å². The molecule has 0 spiro atoms. The van der Waals surface area contributed by atoms with Gasteiger partial charge in [-0.1, -0.05) is 18.2 Å². The number of hydrogen-bond acceptors (Lipinski definition) is 4. The molecule has 0 fully saturated rings. The summed E-state index contributed by atoms with van der Waals surface area (Å²) in [5, 5.41) is 7.10. The lowest BCUT2D eigenvalue weighted by Gasteiger charge is -2.05. The lowest BCUT2D eigenvalue weighted by atomic mass is 10.1. The lowest BCUT2D eigenvalue weighted by Crippen LogP contribution is -2.23. The van der Waals surface area contributed by atoms with Crippen LogP contribution in [-0.2, 0) is 31.0 Å². The topological polar surface area (TPSA) is 65.4 Å². The number of amides is 1. The van der Waals surface area contributed by atoms with Crippen molar-refractivity contribution in [2.45, 2.75) is 26.3 Å². The van der Waals surface area contributed by atoms with Gasteiger partial charge in [-0.25, -0.2) is 4.68 Å². The van der Waals surface area contributed by atoms with Crippen LogP contribution in [0.25, 0.3) is 0 Å². The van der Waals surface area contributed by atoms with E-state index in [1.165, 1.54) is 11.1 Å². The van der Waals surface area contributed by atoms with Crippen molar-refractivity contribution >= 4 is 5.91 Å². The molecule has 1 amide bonds. The van der Waals surface area contributed by atoms with E-state index in [9.17, 15) is 4.79 Å². The number of benzene rings is 1.